The molecular weight excluding hydrogens is 456 g/mol. The van der Waals surface area contributed by atoms with Crippen LogP contribution in [0.5, 0.6) is 23.0 Å². The number of rotatable bonds is 8. The molecule has 0 aliphatic carbocycles. The van der Waals surface area contributed by atoms with Gasteiger partial charge in [-0.3, -0.25) is 0 Å². The Bertz CT molecular complexity index is 1120. The van der Waals surface area contributed by atoms with Crippen LogP contribution in [0, 0.1) is 0 Å². The van der Waals surface area contributed by atoms with Gasteiger partial charge in [0, 0.05) is 24.2 Å². The van der Waals surface area contributed by atoms with Gasteiger partial charge < -0.3 is 18.9 Å². The fourth-order valence-corrected chi connectivity index (χ4v) is 3.21. The summed E-state index contributed by atoms with van der Waals surface area (Å²) in [4.78, 5) is 13.1. The van der Waals surface area contributed by atoms with Crippen molar-refractivity contribution in [1.82, 2.24) is 5.43 Å². The van der Waals surface area contributed by atoms with Crippen molar-refractivity contribution >= 4 is 23.4 Å². The Kier molecular flexibility index (Phi) is 8.26. The first-order valence-electron chi connectivity index (χ1n) is 10.7. The summed E-state index contributed by atoms with van der Waals surface area (Å²) < 4.78 is 22.3. The molecule has 0 spiro atoms. The zero-order chi connectivity index (χ0) is 24.7. The lowest BCUT2D eigenvalue weighted by molar-refractivity contribution is 0.0560. The molecule has 0 fully saturated rings. The lowest BCUT2D eigenvalue weighted by atomic mass is 10.2. The second kappa shape index (κ2) is 11.1. The Hall–Kier alpha value is -3.42. The number of ether oxygens (including phenoxy) is 4. The first-order valence-corrected chi connectivity index (χ1v) is 11.1. The zero-order valence-electron chi connectivity index (χ0n) is 19.9. The SMILES string of the molecule is COc1ccc(CNN(C(=O)OC(C)(C)C)c2ccc(Cl)c(Oc3ccccc3)c2)c(OC)c1. The number of anilines is 1. The summed E-state index contributed by atoms with van der Waals surface area (Å²) in [5.41, 5.74) is 3.77. The Labute approximate surface area is 205 Å². The van der Waals surface area contributed by atoms with Gasteiger partial charge in [-0.1, -0.05) is 35.9 Å². The second-order valence-corrected chi connectivity index (χ2v) is 8.77. The number of amides is 1. The van der Waals surface area contributed by atoms with E-state index in [2.05, 4.69) is 5.43 Å². The van der Waals surface area contributed by atoms with E-state index in [0.29, 0.717) is 33.7 Å². The van der Waals surface area contributed by atoms with Gasteiger partial charge in [0.2, 0.25) is 0 Å². The van der Waals surface area contributed by atoms with Crippen LogP contribution in [0.15, 0.2) is 66.7 Å². The molecule has 180 valence electrons. The van der Waals surface area contributed by atoms with E-state index in [9.17, 15) is 4.79 Å². The van der Waals surface area contributed by atoms with Gasteiger partial charge in [0.05, 0.1) is 24.9 Å². The van der Waals surface area contributed by atoms with Crippen molar-refractivity contribution in [2.24, 2.45) is 0 Å². The quantitative estimate of drug-likeness (QED) is 0.363. The average molecular weight is 485 g/mol. The number of carbonyl (C=O) groups excluding carboxylic acids is 1. The predicted octanol–water partition coefficient (Wildman–Crippen LogP) is 6.60. The molecule has 3 aromatic carbocycles. The molecule has 3 aromatic rings. The highest BCUT2D eigenvalue weighted by Gasteiger charge is 2.25. The number of hydrogen-bond donors (Lipinski definition) is 1. The smallest absolute Gasteiger partial charge is 0.429 e. The number of methoxy groups -OCH3 is 2. The molecule has 3 rings (SSSR count). The van der Waals surface area contributed by atoms with Crippen LogP contribution >= 0.6 is 11.6 Å². The van der Waals surface area contributed by atoms with Gasteiger partial charge in [0.15, 0.2) is 0 Å². The van der Waals surface area contributed by atoms with Crippen LogP contribution in [-0.4, -0.2) is 25.9 Å². The third-order valence-electron chi connectivity index (χ3n) is 4.64. The lowest BCUT2D eigenvalue weighted by Crippen LogP contribution is -2.45. The minimum Gasteiger partial charge on any atom is -0.497 e. The lowest BCUT2D eigenvalue weighted by Gasteiger charge is -2.28. The van der Waals surface area contributed by atoms with E-state index < -0.39 is 11.7 Å². The molecule has 0 aliphatic heterocycles. The molecule has 0 saturated carbocycles. The van der Waals surface area contributed by atoms with Crippen LogP contribution in [0.3, 0.4) is 0 Å². The summed E-state index contributed by atoms with van der Waals surface area (Å²) in [5.74, 6) is 2.33. The summed E-state index contributed by atoms with van der Waals surface area (Å²) in [6.45, 7) is 5.70. The minimum absolute atomic E-state index is 0.282. The molecule has 34 heavy (non-hydrogen) atoms. The van der Waals surface area contributed by atoms with Crippen molar-refractivity contribution in [1.29, 1.82) is 0 Å². The normalized spacial score (nSPS) is 11.0. The van der Waals surface area contributed by atoms with Crippen molar-refractivity contribution in [3.8, 4) is 23.0 Å². The van der Waals surface area contributed by atoms with Gasteiger partial charge in [0.1, 0.15) is 28.6 Å². The third-order valence-corrected chi connectivity index (χ3v) is 4.95. The van der Waals surface area contributed by atoms with E-state index in [1.807, 2.05) is 42.5 Å². The standard InChI is InChI=1S/C26H29ClN2O5/c1-26(2,3)34-25(30)29(28-17-18-11-13-21(31-4)16-23(18)32-5)19-12-14-22(27)24(15-19)33-20-9-7-6-8-10-20/h6-16,28H,17H2,1-5H3. The number of benzene rings is 3. The van der Waals surface area contributed by atoms with Crippen LogP contribution in [-0.2, 0) is 11.3 Å². The minimum atomic E-state index is -0.690. The zero-order valence-corrected chi connectivity index (χ0v) is 20.7. The molecule has 0 atom stereocenters. The van der Waals surface area contributed by atoms with Crippen molar-refractivity contribution < 1.29 is 23.7 Å². The first kappa shape index (κ1) is 25.2. The highest BCUT2D eigenvalue weighted by molar-refractivity contribution is 6.32. The van der Waals surface area contributed by atoms with E-state index in [1.54, 1.807) is 59.3 Å². The molecule has 0 heterocycles. The molecule has 0 unspecified atom stereocenters. The van der Waals surface area contributed by atoms with Crippen LogP contribution < -0.4 is 24.6 Å². The molecule has 0 radical (unpaired) electrons. The van der Waals surface area contributed by atoms with Crippen LogP contribution in [0.1, 0.15) is 26.3 Å². The molecule has 1 N–H and O–H groups in total. The fourth-order valence-electron chi connectivity index (χ4n) is 3.06. The van der Waals surface area contributed by atoms with Gasteiger partial charge in [-0.25, -0.2) is 15.2 Å². The summed E-state index contributed by atoms with van der Waals surface area (Å²) in [6, 6.07) is 19.8. The van der Waals surface area contributed by atoms with Gasteiger partial charge in [0.25, 0.3) is 0 Å². The maximum absolute atomic E-state index is 13.1. The van der Waals surface area contributed by atoms with Gasteiger partial charge in [-0.05, 0) is 51.1 Å². The Morgan fingerprint density at radius 3 is 2.29 bits per heavy atom. The van der Waals surface area contributed by atoms with Crippen molar-refractivity contribution in [3.63, 3.8) is 0 Å². The topological polar surface area (TPSA) is 69.3 Å². The summed E-state index contributed by atoms with van der Waals surface area (Å²) in [5, 5.41) is 1.73. The third kappa shape index (κ3) is 6.79. The van der Waals surface area contributed by atoms with Gasteiger partial charge in [-0.15, -0.1) is 0 Å². The number of hydrazine groups is 1. The summed E-state index contributed by atoms with van der Waals surface area (Å²) in [7, 11) is 3.17. The molecule has 0 aromatic heterocycles. The number of para-hydroxylation sites is 1. The number of halogens is 1. The van der Waals surface area contributed by atoms with Crippen molar-refractivity contribution in [3.05, 3.63) is 77.3 Å². The Morgan fingerprint density at radius 1 is 0.912 bits per heavy atom. The van der Waals surface area contributed by atoms with Crippen molar-refractivity contribution in [2.45, 2.75) is 32.9 Å². The van der Waals surface area contributed by atoms with E-state index in [-0.39, 0.29) is 6.54 Å². The van der Waals surface area contributed by atoms with Crippen LogP contribution in [0.2, 0.25) is 5.02 Å². The number of nitrogens with one attached hydrogen (secondary N) is 1. The molecule has 0 bridgehead atoms. The Balaban J connectivity index is 1.90. The number of hydrogen-bond acceptors (Lipinski definition) is 6. The molecule has 0 aliphatic rings. The highest BCUT2D eigenvalue weighted by atomic mass is 35.5. The van der Waals surface area contributed by atoms with E-state index in [1.165, 1.54) is 5.01 Å². The van der Waals surface area contributed by atoms with E-state index in [4.69, 9.17) is 30.5 Å². The predicted molar refractivity (Wildman–Crippen MR) is 133 cm³/mol. The monoisotopic (exact) mass is 484 g/mol. The Morgan fingerprint density at radius 2 is 1.65 bits per heavy atom. The first-order chi connectivity index (χ1) is 16.2. The summed E-state index contributed by atoms with van der Waals surface area (Å²) >= 11 is 6.37. The van der Waals surface area contributed by atoms with Crippen molar-refractivity contribution in [2.75, 3.05) is 19.2 Å². The fraction of sp³-hybridized carbons (Fsp3) is 0.269. The molecule has 8 heteroatoms. The largest absolute Gasteiger partial charge is 0.497 e. The van der Waals surface area contributed by atoms with Crippen LogP contribution in [0.25, 0.3) is 0 Å². The number of nitrogens with zero attached hydrogens (tertiary/aromatic N) is 1. The number of carbonyl (C=O) groups is 1. The highest BCUT2D eigenvalue weighted by Crippen LogP contribution is 2.33. The average Bonchev–Trinajstić information content (AvgIpc) is 2.80. The molecule has 0 saturated heterocycles. The summed E-state index contributed by atoms with van der Waals surface area (Å²) in [6.07, 6.45) is -0.576. The molecular formula is C26H29ClN2O5. The van der Waals surface area contributed by atoms with Gasteiger partial charge >= 0.3 is 6.09 Å². The maximum atomic E-state index is 13.1. The van der Waals surface area contributed by atoms with Gasteiger partial charge in [-0.2, -0.15) is 0 Å². The van der Waals surface area contributed by atoms with E-state index in [0.717, 1.165) is 5.56 Å². The van der Waals surface area contributed by atoms with Crippen LogP contribution in [0.4, 0.5) is 10.5 Å². The molecule has 1 amide bonds. The van der Waals surface area contributed by atoms with E-state index >= 15 is 0 Å². The second-order valence-electron chi connectivity index (χ2n) is 8.36. The molecule has 7 nitrogen and oxygen atoms in total. The maximum Gasteiger partial charge on any atom is 0.429 e.